The van der Waals surface area contributed by atoms with Crippen molar-refractivity contribution in [3.8, 4) is 0 Å². The van der Waals surface area contributed by atoms with Gasteiger partial charge >= 0.3 is 0 Å². The van der Waals surface area contributed by atoms with Crippen LogP contribution in [-0.4, -0.2) is 0 Å². The lowest BCUT2D eigenvalue weighted by Gasteiger charge is -2.19. The Morgan fingerprint density at radius 2 is 2.08 bits per heavy atom. The fraction of sp³-hybridized carbons (Fsp3) is 0.333. The van der Waals surface area contributed by atoms with E-state index in [1.807, 2.05) is 6.08 Å². The first kappa shape index (κ1) is 7.60. The minimum atomic E-state index is 1.10. The van der Waals surface area contributed by atoms with Crippen LogP contribution < -0.4 is 0 Å². The molecule has 0 N–H and O–H groups in total. The van der Waals surface area contributed by atoms with Gasteiger partial charge in [0.25, 0.3) is 0 Å². The molecule has 0 heteroatoms. The molecule has 1 aliphatic rings. The summed E-state index contributed by atoms with van der Waals surface area (Å²) >= 11 is 0. The summed E-state index contributed by atoms with van der Waals surface area (Å²) in [6, 6.07) is 6.88. The molecule has 0 bridgehead atoms. The predicted octanol–water partition coefficient (Wildman–Crippen LogP) is 2.90. The van der Waals surface area contributed by atoms with Crippen LogP contribution in [0.4, 0.5) is 0 Å². The molecule has 1 aromatic rings. The molecule has 0 nitrogen and oxygen atoms in total. The fourth-order valence-corrected chi connectivity index (χ4v) is 1.67. The molecule has 0 amide bonds. The normalized spacial score (nSPS) is 13.3. The third-order valence-electron chi connectivity index (χ3n) is 2.57. The van der Waals surface area contributed by atoms with Crippen LogP contribution in [0.3, 0.4) is 0 Å². The van der Waals surface area contributed by atoms with Crippen LogP contribution >= 0.6 is 0 Å². The van der Waals surface area contributed by atoms with Gasteiger partial charge in [-0.2, -0.15) is 0 Å². The highest BCUT2D eigenvalue weighted by atomic mass is 14.2. The average molecular weight is 158 g/mol. The van der Waals surface area contributed by atoms with E-state index in [2.05, 4.69) is 24.8 Å². The average Bonchev–Trinajstić information content (AvgIpc) is 2.05. The van der Waals surface area contributed by atoms with Crippen molar-refractivity contribution >= 4 is 0 Å². The summed E-state index contributed by atoms with van der Waals surface area (Å²) in [6.45, 7) is 3.73. The minimum absolute atomic E-state index is 1.10. The molecule has 12 heavy (non-hydrogen) atoms. The molecule has 2 rings (SSSR count). The second-order valence-electron chi connectivity index (χ2n) is 3.43. The standard InChI is InChI=1S/C12H14/c1-2-3-4-10-5-6-11-7-8-12(11)9-10/h2,5-6,9H,1,3-4,7-8H2. The van der Waals surface area contributed by atoms with Crippen LogP contribution in [0.1, 0.15) is 23.1 Å². The van der Waals surface area contributed by atoms with Crippen molar-refractivity contribution in [2.24, 2.45) is 0 Å². The third kappa shape index (κ3) is 1.29. The van der Waals surface area contributed by atoms with Crippen LogP contribution in [0.5, 0.6) is 0 Å². The van der Waals surface area contributed by atoms with Gasteiger partial charge in [-0.25, -0.2) is 0 Å². The van der Waals surface area contributed by atoms with Gasteiger partial charge in [-0.1, -0.05) is 24.3 Å². The van der Waals surface area contributed by atoms with E-state index in [9.17, 15) is 0 Å². The Bertz CT molecular complexity index is 297. The quantitative estimate of drug-likeness (QED) is 0.593. The molecule has 62 valence electrons. The Morgan fingerprint density at radius 3 is 2.67 bits per heavy atom. The van der Waals surface area contributed by atoms with Crippen LogP contribution in [0.25, 0.3) is 0 Å². The van der Waals surface area contributed by atoms with E-state index in [1.54, 1.807) is 11.1 Å². The maximum Gasteiger partial charge on any atom is -0.0235 e. The molecule has 1 aliphatic carbocycles. The molecule has 0 aliphatic heterocycles. The Labute approximate surface area is 73.9 Å². The van der Waals surface area contributed by atoms with E-state index >= 15 is 0 Å². The van der Waals surface area contributed by atoms with Crippen LogP contribution in [0.2, 0.25) is 0 Å². The van der Waals surface area contributed by atoms with Crippen molar-refractivity contribution in [3.63, 3.8) is 0 Å². The molecule has 0 heterocycles. The minimum Gasteiger partial charge on any atom is -0.103 e. The number of allylic oxidation sites excluding steroid dienone is 1. The maximum absolute atomic E-state index is 3.73. The molecule has 0 radical (unpaired) electrons. The first-order valence-corrected chi connectivity index (χ1v) is 4.62. The second-order valence-corrected chi connectivity index (χ2v) is 3.43. The van der Waals surface area contributed by atoms with Gasteiger partial charge in [-0.05, 0) is 42.4 Å². The van der Waals surface area contributed by atoms with E-state index in [0.29, 0.717) is 0 Å². The van der Waals surface area contributed by atoms with Gasteiger partial charge in [-0.3, -0.25) is 0 Å². The highest BCUT2D eigenvalue weighted by molar-refractivity contribution is 5.38. The lowest BCUT2D eigenvalue weighted by Crippen LogP contribution is -2.08. The summed E-state index contributed by atoms with van der Waals surface area (Å²) in [5.41, 5.74) is 4.59. The molecular formula is C12H14. The number of benzene rings is 1. The van der Waals surface area contributed by atoms with E-state index in [4.69, 9.17) is 0 Å². The summed E-state index contributed by atoms with van der Waals surface area (Å²) < 4.78 is 0. The van der Waals surface area contributed by atoms with E-state index in [-0.39, 0.29) is 0 Å². The predicted molar refractivity (Wildman–Crippen MR) is 52.4 cm³/mol. The van der Waals surface area contributed by atoms with Crippen molar-refractivity contribution in [3.05, 3.63) is 47.5 Å². The van der Waals surface area contributed by atoms with Crippen molar-refractivity contribution in [1.82, 2.24) is 0 Å². The summed E-state index contributed by atoms with van der Waals surface area (Å²) in [7, 11) is 0. The summed E-state index contributed by atoms with van der Waals surface area (Å²) in [5, 5.41) is 0. The van der Waals surface area contributed by atoms with E-state index in [1.165, 1.54) is 18.4 Å². The Kier molecular flexibility index (Phi) is 1.99. The van der Waals surface area contributed by atoms with Gasteiger partial charge in [0, 0.05) is 0 Å². The lowest BCUT2D eigenvalue weighted by molar-refractivity contribution is 0.830. The Hall–Kier alpha value is -1.04. The smallest absolute Gasteiger partial charge is 0.0235 e. The second kappa shape index (κ2) is 3.14. The van der Waals surface area contributed by atoms with E-state index in [0.717, 1.165) is 12.8 Å². The van der Waals surface area contributed by atoms with Crippen molar-refractivity contribution in [2.75, 3.05) is 0 Å². The molecule has 0 saturated carbocycles. The summed E-state index contributed by atoms with van der Waals surface area (Å²) in [4.78, 5) is 0. The zero-order chi connectivity index (χ0) is 8.39. The van der Waals surface area contributed by atoms with Crippen molar-refractivity contribution in [2.45, 2.75) is 25.7 Å². The highest BCUT2D eigenvalue weighted by Crippen LogP contribution is 2.23. The number of hydrogen-bond donors (Lipinski definition) is 0. The lowest BCUT2D eigenvalue weighted by atomic mass is 9.86. The monoisotopic (exact) mass is 158 g/mol. The number of aryl methyl sites for hydroxylation is 3. The fourth-order valence-electron chi connectivity index (χ4n) is 1.67. The molecule has 0 saturated heterocycles. The molecule has 1 aromatic carbocycles. The summed E-state index contributed by atoms with van der Waals surface area (Å²) in [5.74, 6) is 0. The first-order valence-electron chi connectivity index (χ1n) is 4.62. The Balaban J connectivity index is 2.12. The van der Waals surface area contributed by atoms with Crippen LogP contribution in [0.15, 0.2) is 30.9 Å². The third-order valence-corrected chi connectivity index (χ3v) is 2.57. The maximum atomic E-state index is 3.73. The van der Waals surface area contributed by atoms with Crippen molar-refractivity contribution in [1.29, 1.82) is 0 Å². The largest absolute Gasteiger partial charge is 0.103 e. The van der Waals surface area contributed by atoms with Crippen LogP contribution in [-0.2, 0) is 19.3 Å². The highest BCUT2D eigenvalue weighted by Gasteiger charge is 2.11. The topological polar surface area (TPSA) is 0 Å². The molecule has 0 atom stereocenters. The number of hydrogen-bond acceptors (Lipinski definition) is 0. The Morgan fingerprint density at radius 1 is 1.25 bits per heavy atom. The number of rotatable bonds is 3. The van der Waals surface area contributed by atoms with Gasteiger partial charge in [0.05, 0.1) is 0 Å². The molecular weight excluding hydrogens is 144 g/mol. The molecule has 0 aromatic heterocycles. The van der Waals surface area contributed by atoms with Gasteiger partial charge in [0.15, 0.2) is 0 Å². The zero-order valence-electron chi connectivity index (χ0n) is 7.34. The van der Waals surface area contributed by atoms with Crippen LogP contribution in [0, 0.1) is 0 Å². The molecule has 0 spiro atoms. The van der Waals surface area contributed by atoms with E-state index < -0.39 is 0 Å². The number of fused-ring (bicyclic) bond motifs is 1. The first-order chi connectivity index (χ1) is 5.90. The zero-order valence-corrected chi connectivity index (χ0v) is 7.34. The van der Waals surface area contributed by atoms with Gasteiger partial charge < -0.3 is 0 Å². The van der Waals surface area contributed by atoms with Gasteiger partial charge in [0.2, 0.25) is 0 Å². The summed E-state index contributed by atoms with van der Waals surface area (Å²) in [6.07, 6.45) is 6.81. The van der Waals surface area contributed by atoms with Gasteiger partial charge in [-0.15, -0.1) is 6.58 Å². The van der Waals surface area contributed by atoms with Gasteiger partial charge in [0.1, 0.15) is 0 Å². The molecule has 0 unspecified atom stereocenters. The molecule has 0 fully saturated rings. The SMILES string of the molecule is C=CCCc1ccc2c(c1)CC2. The van der Waals surface area contributed by atoms with Crippen molar-refractivity contribution < 1.29 is 0 Å².